The second kappa shape index (κ2) is 8.86. The molecule has 3 heterocycles. The van der Waals surface area contributed by atoms with E-state index in [2.05, 4.69) is 25.9 Å². The molecule has 0 unspecified atom stereocenters. The van der Waals surface area contributed by atoms with Gasteiger partial charge in [0.15, 0.2) is 0 Å². The summed E-state index contributed by atoms with van der Waals surface area (Å²) in [6.07, 6.45) is 5.23. The number of H-pyrrole nitrogens is 1. The first-order valence-electron chi connectivity index (χ1n) is 10.1. The zero-order valence-corrected chi connectivity index (χ0v) is 16.7. The molecule has 2 aromatic rings. The summed E-state index contributed by atoms with van der Waals surface area (Å²) < 4.78 is 0. The van der Waals surface area contributed by atoms with Gasteiger partial charge in [-0.3, -0.25) is 4.79 Å². The lowest BCUT2D eigenvalue weighted by Crippen LogP contribution is -2.36. The van der Waals surface area contributed by atoms with E-state index in [1.807, 2.05) is 36.0 Å². The van der Waals surface area contributed by atoms with E-state index < -0.39 is 0 Å². The number of nitrogens with zero attached hydrogens (tertiary/aromatic N) is 1. The van der Waals surface area contributed by atoms with Crippen molar-refractivity contribution in [1.29, 1.82) is 0 Å². The molecular weight excluding hydrogens is 374 g/mol. The molecule has 8 heteroatoms. The van der Waals surface area contributed by atoms with E-state index in [1.54, 1.807) is 0 Å². The molecule has 2 fully saturated rings. The van der Waals surface area contributed by atoms with Gasteiger partial charge in [0.25, 0.3) is 0 Å². The van der Waals surface area contributed by atoms with E-state index in [1.165, 1.54) is 0 Å². The number of hydrogen-bond acceptors (Lipinski definition) is 4. The second-order valence-corrected chi connectivity index (χ2v) is 8.79. The Hall–Kier alpha value is -2.22. The first kappa shape index (κ1) is 19.1. The number of nitrogens with one attached hydrogen (secondary N) is 4. The number of aromatic amines is 1. The van der Waals surface area contributed by atoms with E-state index in [-0.39, 0.29) is 24.0 Å². The fraction of sp³-hybridized carbons (Fsp3) is 0.550. The van der Waals surface area contributed by atoms with Crippen molar-refractivity contribution in [3.63, 3.8) is 0 Å². The number of hydrogen-bond donors (Lipinski definition) is 4. The second-order valence-electron chi connectivity index (χ2n) is 7.52. The lowest BCUT2D eigenvalue weighted by Gasteiger charge is -2.16. The summed E-state index contributed by atoms with van der Waals surface area (Å²) in [7, 11) is 0. The van der Waals surface area contributed by atoms with Gasteiger partial charge in [-0.25, -0.2) is 9.78 Å². The number of aromatic nitrogens is 2. The molecule has 0 aliphatic carbocycles. The standard InChI is InChI=1S/C20H27N5O2S/c26-18(10-4-3-8-16-19-15(12-28-16)24-20(27)25-19)21-11-5-9-17-22-13-6-1-2-7-14(13)23-17/h1-2,6-7,15-16,19H,3-5,8-12H2,(H,21,26)(H,22,23)(H2,24,25,27)/t15-,16-,19-/m0/s1. The predicted octanol–water partition coefficient (Wildman–Crippen LogP) is 2.34. The Balaban J connectivity index is 1.07. The van der Waals surface area contributed by atoms with Crippen molar-refractivity contribution >= 4 is 34.7 Å². The van der Waals surface area contributed by atoms with Gasteiger partial charge in [-0.05, 0) is 31.4 Å². The summed E-state index contributed by atoms with van der Waals surface area (Å²) >= 11 is 1.92. The number of rotatable bonds is 9. The summed E-state index contributed by atoms with van der Waals surface area (Å²) in [6, 6.07) is 8.49. The molecule has 0 bridgehead atoms. The Morgan fingerprint density at radius 2 is 2.11 bits per heavy atom. The molecule has 28 heavy (non-hydrogen) atoms. The predicted molar refractivity (Wildman–Crippen MR) is 111 cm³/mol. The summed E-state index contributed by atoms with van der Waals surface area (Å²) in [4.78, 5) is 31.3. The number of fused-ring (bicyclic) bond motifs is 2. The molecule has 2 aliphatic rings. The van der Waals surface area contributed by atoms with Crippen LogP contribution in [-0.2, 0) is 11.2 Å². The monoisotopic (exact) mass is 401 g/mol. The minimum absolute atomic E-state index is 0.0395. The Kier molecular flexibility index (Phi) is 6.04. The highest BCUT2D eigenvalue weighted by molar-refractivity contribution is 8.00. The maximum atomic E-state index is 12.0. The van der Waals surface area contributed by atoms with E-state index in [9.17, 15) is 9.59 Å². The first-order chi connectivity index (χ1) is 13.7. The summed E-state index contributed by atoms with van der Waals surface area (Å²) in [6.45, 7) is 0.676. The van der Waals surface area contributed by atoms with E-state index >= 15 is 0 Å². The molecule has 0 saturated carbocycles. The number of urea groups is 1. The van der Waals surface area contributed by atoms with Crippen molar-refractivity contribution in [3.05, 3.63) is 30.1 Å². The van der Waals surface area contributed by atoms with E-state index in [0.29, 0.717) is 18.2 Å². The van der Waals surface area contributed by atoms with Crippen molar-refractivity contribution in [1.82, 2.24) is 25.9 Å². The number of imidazole rings is 1. The Morgan fingerprint density at radius 1 is 1.21 bits per heavy atom. The van der Waals surface area contributed by atoms with Crippen LogP contribution < -0.4 is 16.0 Å². The van der Waals surface area contributed by atoms with Crippen LogP contribution in [0.2, 0.25) is 0 Å². The Morgan fingerprint density at radius 3 is 3.00 bits per heavy atom. The molecule has 3 amide bonds. The van der Waals surface area contributed by atoms with Crippen LogP contribution in [0.25, 0.3) is 11.0 Å². The highest BCUT2D eigenvalue weighted by Crippen LogP contribution is 2.33. The number of para-hydroxylation sites is 2. The topological polar surface area (TPSA) is 98.9 Å². The van der Waals surface area contributed by atoms with Crippen molar-refractivity contribution in [2.45, 2.75) is 55.9 Å². The first-order valence-corrected chi connectivity index (χ1v) is 11.1. The average molecular weight is 402 g/mol. The molecule has 0 spiro atoms. The van der Waals surface area contributed by atoms with Gasteiger partial charge in [0.1, 0.15) is 5.82 Å². The molecule has 7 nitrogen and oxygen atoms in total. The Bertz CT molecular complexity index is 806. The fourth-order valence-corrected chi connectivity index (χ4v) is 5.51. The molecule has 2 saturated heterocycles. The molecule has 1 aromatic heterocycles. The van der Waals surface area contributed by atoms with Gasteiger partial charge in [-0.1, -0.05) is 18.6 Å². The third-order valence-electron chi connectivity index (χ3n) is 5.43. The quantitative estimate of drug-likeness (QED) is 0.383. The number of unbranched alkanes of at least 4 members (excludes halogenated alkanes) is 1. The molecule has 3 atom stereocenters. The maximum absolute atomic E-state index is 12.0. The minimum atomic E-state index is -0.0395. The van der Waals surface area contributed by atoms with Crippen LogP contribution in [-0.4, -0.2) is 51.5 Å². The largest absolute Gasteiger partial charge is 0.356 e. The van der Waals surface area contributed by atoms with Crippen LogP contribution in [0.3, 0.4) is 0 Å². The van der Waals surface area contributed by atoms with Gasteiger partial charge in [-0.2, -0.15) is 11.8 Å². The van der Waals surface area contributed by atoms with Crippen LogP contribution in [0.15, 0.2) is 24.3 Å². The molecule has 4 rings (SSSR count). The molecule has 2 aliphatic heterocycles. The van der Waals surface area contributed by atoms with E-state index in [0.717, 1.165) is 54.7 Å². The molecule has 0 radical (unpaired) electrons. The summed E-state index contributed by atoms with van der Waals surface area (Å²) in [5.74, 6) is 2.08. The number of carbonyl (C=O) groups is 2. The third kappa shape index (κ3) is 4.60. The van der Waals surface area contributed by atoms with Crippen LogP contribution in [0.5, 0.6) is 0 Å². The van der Waals surface area contributed by atoms with E-state index in [4.69, 9.17) is 0 Å². The van der Waals surface area contributed by atoms with Gasteiger partial charge in [0.05, 0.1) is 23.1 Å². The zero-order valence-electron chi connectivity index (χ0n) is 15.9. The van der Waals surface area contributed by atoms with Crippen molar-refractivity contribution < 1.29 is 9.59 Å². The lowest BCUT2D eigenvalue weighted by molar-refractivity contribution is -0.121. The van der Waals surface area contributed by atoms with Crippen molar-refractivity contribution in [3.8, 4) is 0 Å². The van der Waals surface area contributed by atoms with Gasteiger partial charge >= 0.3 is 6.03 Å². The minimum Gasteiger partial charge on any atom is -0.356 e. The van der Waals surface area contributed by atoms with Crippen molar-refractivity contribution in [2.75, 3.05) is 12.3 Å². The number of amides is 3. The number of aryl methyl sites for hydroxylation is 1. The Labute approximate surface area is 168 Å². The third-order valence-corrected chi connectivity index (χ3v) is 6.94. The summed E-state index contributed by atoms with van der Waals surface area (Å²) in [5.41, 5.74) is 2.04. The SMILES string of the molecule is O=C(CCCC[C@@H]1SC[C@@H]2NC(=O)N[C@@H]21)NCCCc1nc2ccccc2[nH]1. The molecule has 4 N–H and O–H groups in total. The number of thioether (sulfide) groups is 1. The van der Waals surface area contributed by atoms with Gasteiger partial charge in [-0.15, -0.1) is 0 Å². The molecular formula is C20H27N5O2S. The van der Waals surface area contributed by atoms with Gasteiger partial charge in [0.2, 0.25) is 5.91 Å². The zero-order chi connectivity index (χ0) is 19.3. The number of benzene rings is 1. The lowest BCUT2D eigenvalue weighted by atomic mass is 10.0. The summed E-state index contributed by atoms with van der Waals surface area (Å²) in [5, 5.41) is 9.45. The normalized spacial score (nSPS) is 23.4. The smallest absolute Gasteiger partial charge is 0.315 e. The fourth-order valence-electron chi connectivity index (χ4n) is 3.97. The van der Waals surface area contributed by atoms with Gasteiger partial charge in [0, 0.05) is 30.4 Å². The van der Waals surface area contributed by atoms with Crippen LogP contribution in [0.4, 0.5) is 4.79 Å². The van der Waals surface area contributed by atoms with Crippen LogP contribution in [0, 0.1) is 0 Å². The molecule has 150 valence electrons. The van der Waals surface area contributed by atoms with Gasteiger partial charge < -0.3 is 20.9 Å². The van der Waals surface area contributed by atoms with Crippen LogP contribution in [0.1, 0.15) is 37.9 Å². The highest BCUT2D eigenvalue weighted by Gasteiger charge is 2.42. The maximum Gasteiger partial charge on any atom is 0.315 e. The van der Waals surface area contributed by atoms with Crippen molar-refractivity contribution in [2.24, 2.45) is 0 Å². The van der Waals surface area contributed by atoms with Crippen LogP contribution >= 0.6 is 11.8 Å². The molecule has 1 aromatic carbocycles. The number of carbonyl (C=O) groups excluding carboxylic acids is 2. The highest BCUT2D eigenvalue weighted by atomic mass is 32.2. The average Bonchev–Trinajstić information content (AvgIpc) is 3.36.